The molecule has 2 aromatic carbocycles. The Kier molecular flexibility index (Phi) is 13.0. The molecule has 11 heteroatoms. The van der Waals surface area contributed by atoms with Gasteiger partial charge < -0.3 is 20.1 Å². The number of anilines is 1. The molecule has 1 aliphatic rings. The summed E-state index contributed by atoms with van der Waals surface area (Å²) in [6, 6.07) is 13.4. The zero-order valence-electron chi connectivity index (χ0n) is 22.7. The van der Waals surface area contributed by atoms with Crippen molar-refractivity contribution in [3.05, 3.63) is 81.8 Å². The number of phenols is 1. The number of rotatable bonds is 4. The second-order valence-electron chi connectivity index (χ2n) is 8.19. The van der Waals surface area contributed by atoms with Gasteiger partial charge >= 0.3 is 0 Å². The van der Waals surface area contributed by atoms with E-state index in [9.17, 15) is 9.18 Å². The molecule has 1 fully saturated rings. The Hall–Kier alpha value is -3.40. The summed E-state index contributed by atoms with van der Waals surface area (Å²) < 4.78 is 18.9. The van der Waals surface area contributed by atoms with E-state index < -0.39 is 0 Å². The molecule has 210 valence electrons. The second-order valence-corrected chi connectivity index (χ2v) is 9.03. The van der Waals surface area contributed by atoms with Crippen LogP contribution in [-0.4, -0.2) is 59.3 Å². The summed E-state index contributed by atoms with van der Waals surface area (Å²) in [5.74, 6) is 1.09. The van der Waals surface area contributed by atoms with Crippen LogP contribution in [0.2, 0.25) is 10.0 Å². The third kappa shape index (κ3) is 9.09. The molecule has 5 rings (SSSR count). The van der Waals surface area contributed by atoms with E-state index in [0.29, 0.717) is 23.1 Å². The zero-order chi connectivity index (χ0) is 28.9. The molecule has 0 bridgehead atoms. The first kappa shape index (κ1) is 31.8. The van der Waals surface area contributed by atoms with Crippen molar-refractivity contribution in [3.63, 3.8) is 0 Å². The molecule has 3 heterocycles. The molecule has 0 amide bonds. The molecule has 39 heavy (non-hydrogen) atoms. The van der Waals surface area contributed by atoms with Gasteiger partial charge in [-0.15, -0.1) is 5.10 Å². The first-order valence-electron chi connectivity index (χ1n) is 12.4. The highest BCUT2D eigenvalue weighted by molar-refractivity contribution is 6.36. The van der Waals surface area contributed by atoms with Gasteiger partial charge in [-0.05, 0) is 56.8 Å². The Balaban J connectivity index is 0.000000211. The van der Waals surface area contributed by atoms with Crippen LogP contribution in [0.4, 0.5) is 10.2 Å². The Morgan fingerprint density at radius 3 is 2.51 bits per heavy atom. The molecule has 0 aliphatic carbocycles. The van der Waals surface area contributed by atoms with Crippen LogP contribution >= 0.6 is 23.2 Å². The number of hydrogen-bond acceptors (Lipinski definition) is 7. The lowest BCUT2D eigenvalue weighted by Gasteiger charge is -2.17. The van der Waals surface area contributed by atoms with Crippen molar-refractivity contribution in [1.82, 2.24) is 19.9 Å². The molecule has 0 saturated carbocycles. The van der Waals surface area contributed by atoms with Gasteiger partial charge in [0, 0.05) is 30.2 Å². The number of hydrogen-bond donors (Lipinski definition) is 2. The van der Waals surface area contributed by atoms with Crippen molar-refractivity contribution in [2.45, 2.75) is 33.2 Å². The van der Waals surface area contributed by atoms with Crippen LogP contribution in [-0.2, 0) is 0 Å². The van der Waals surface area contributed by atoms with E-state index in [4.69, 9.17) is 33.0 Å². The number of nitrogens with zero attached hydrogens (tertiary/aromatic N) is 4. The number of methoxy groups -OCH3 is 1. The fraction of sp³-hybridized carbons (Fsp3) is 0.321. The molecule has 1 saturated heterocycles. The average molecular weight is 579 g/mol. The molecule has 2 aromatic heterocycles. The minimum atomic E-state index is -0.269. The summed E-state index contributed by atoms with van der Waals surface area (Å²) in [6.07, 6.45) is 3.53. The van der Waals surface area contributed by atoms with Crippen LogP contribution in [0.1, 0.15) is 36.3 Å². The fourth-order valence-corrected chi connectivity index (χ4v) is 4.13. The molecule has 0 radical (unpaired) electrons. The van der Waals surface area contributed by atoms with E-state index in [0.717, 1.165) is 30.2 Å². The van der Waals surface area contributed by atoms with Crippen molar-refractivity contribution in [1.29, 1.82) is 0 Å². The lowest BCUT2D eigenvalue weighted by molar-refractivity contribution is 0.112. The Morgan fingerprint density at radius 1 is 1.18 bits per heavy atom. The number of halogens is 3. The first-order valence-corrected chi connectivity index (χ1v) is 13.2. The van der Waals surface area contributed by atoms with E-state index in [-0.39, 0.29) is 22.2 Å². The maximum Gasteiger partial charge on any atom is 0.153 e. The molecule has 0 spiro atoms. The summed E-state index contributed by atoms with van der Waals surface area (Å²) in [6.45, 7) is 8.12. The number of carbonyl (C=O) groups is 1. The number of nitrogens with one attached hydrogen (secondary N) is 1. The normalized spacial score (nSPS) is 13.8. The van der Waals surface area contributed by atoms with Gasteiger partial charge in [-0.1, -0.05) is 43.1 Å². The number of aryl methyl sites for hydroxylation is 1. The highest BCUT2D eigenvalue weighted by Crippen LogP contribution is 2.29. The van der Waals surface area contributed by atoms with E-state index in [1.807, 2.05) is 44.6 Å². The van der Waals surface area contributed by atoms with Crippen molar-refractivity contribution in [3.8, 4) is 11.5 Å². The fourth-order valence-electron chi connectivity index (χ4n) is 3.62. The van der Waals surface area contributed by atoms with Crippen molar-refractivity contribution in [2.75, 3.05) is 32.1 Å². The highest BCUT2D eigenvalue weighted by atomic mass is 35.5. The predicted octanol–water partition coefficient (Wildman–Crippen LogP) is 6.21. The topological polar surface area (TPSA) is 92.0 Å². The summed E-state index contributed by atoms with van der Waals surface area (Å²) in [5, 5.41) is 17.5. The minimum absolute atomic E-state index is 0.0830. The molecular weight excluding hydrogens is 544 g/mol. The quantitative estimate of drug-likeness (QED) is 0.278. The number of fused-ring (bicyclic) bond motifs is 1. The largest absolute Gasteiger partial charge is 0.506 e. The summed E-state index contributed by atoms with van der Waals surface area (Å²) in [5.41, 5.74) is 2.09. The molecule has 4 aromatic rings. The lowest BCUT2D eigenvalue weighted by atomic mass is 10.2. The number of aromatic hydroxyl groups is 1. The van der Waals surface area contributed by atoms with Crippen LogP contribution in [0.3, 0.4) is 0 Å². The number of aldehydes is 1. The van der Waals surface area contributed by atoms with Gasteiger partial charge in [0.1, 0.15) is 23.1 Å². The van der Waals surface area contributed by atoms with E-state index in [1.54, 1.807) is 12.1 Å². The van der Waals surface area contributed by atoms with Gasteiger partial charge in [0.25, 0.3) is 0 Å². The van der Waals surface area contributed by atoms with Gasteiger partial charge in [-0.2, -0.15) is 0 Å². The number of imidazole rings is 1. The number of ether oxygens (including phenoxy) is 1. The SMILES string of the molecule is CC.CN[C@H]1CCN(c2ccc3ncc(C)n3n2)C1.COc1cccc(F)c1.O=Cc1cc(Cl)cc(Cl)c1O. The van der Waals surface area contributed by atoms with Crippen molar-refractivity contribution in [2.24, 2.45) is 0 Å². The van der Waals surface area contributed by atoms with Gasteiger partial charge in [0.05, 0.1) is 29.6 Å². The van der Waals surface area contributed by atoms with Crippen LogP contribution in [0, 0.1) is 12.7 Å². The standard InChI is InChI=1S/C12H17N5.C7H4Cl2O2.C7H7FO.C2H6/c1-9-7-14-11-3-4-12(15-17(9)11)16-6-5-10(8-16)13-2;8-5-1-4(3-10)7(11)6(9)2-5;1-9-7-4-2-3-6(8)5-7;1-2/h3-4,7,10,13H,5-6,8H2,1-2H3;1-3,11H;2-5H,1H3;1-2H3/t10-;;;/m0.../s1. The number of benzene rings is 2. The molecular formula is C28H34Cl2FN5O3. The number of aromatic nitrogens is 3. The smallest absolute Gasteiger partial charge is 0.153 e. The van der Waals surface area contributed by atoms with Gasteiger partial charge in [0.2, 0.25) is 0 Å². The van der Waals surface area contributed by atoms with Crippen molar-refractivity contribution < 1.29 is 19.0 Å². The van der Waals surface area contributed by atoms with E-state index >= 15 is 0 Å². The molecule has 8 nitrogen and oxygen atoms in total. The maximum atomic E-state index is 12.3. The lowest BCUT2D eigenvalue weighted by Crippen LogP contribution is -2.30. The molecule has 0 unspecified atom stereocenters. The average Bonchev–Trinajstić information content (AvgIpc) is 3.59. The van der Waals surface area contributed by atoms with E-state index in [2.05, 4.69) is 26.4 Å². The van der Waals surface area contributed by atoms with Crippen LogP contribution < -0.4 is 15.0 Å². The predicted molar refractivity (Wildman–Crippen MR) is 155 cm³/mol. The number of carbonyl (C=O) groups excluding carboxylic acids is 1. The number of phenolic OH excluding ortho intramolecular Hbond substituents is 1. The third-order valence-corrected chi connectivity index (χ3v) is 6.16. The van der Waals surface area contributed by atoms with Crippen molar-refractivity contribution >= 4 is 41.0 Å². The maximum absolute atomic E-state index is 12.3. The Labute approximate surface area is 238 Å². The minimum Gasteiger partial charge on any atom is -0.506 e. The number of likely N-dealkylation sites (N-methyl/N-ethyl adjacent to an activating group) is 1. The molecule has 1 atom stereocenters. The van der Waals surface area contributed by atoms with Crippen LogP contribution in [0.5, 0.6) is 11.5 Å². The molecule has 1 aliphatic heterocycles. The second kappa shape index (κ2) is 15.9. The van der Waals surface area contributed by atoms with Crippen LogP contribution in [0.25, 0.3) is 5.65 Å². The zero-order valence-corrected chi connectivity index (χ0v) is 24.2. The summed E-state index contributed by atoms with van der Waals surface area (Å²) in [7, 11) is 3.53. The Morgan fingerprint density at radius 2 is 1.92 bits per heavy atom. The van der Waals surface area contributed by atoms with Crippen LogP contribution in [0.15, 0.2) is 54.7 Å². The third-order valence-electron chi connectivity index (χ3n) is 5.66. The highest BCUT2D eigenvalue weighted by Gasteiger charge is 2.22. The van der Waals surface area contributed by atoms with E-state index in [1.165, 1.54) is 37.8 Å². The first-order chi connectivity index (χ1) is 18.7. The Bertz CT molecular complexity index is 1350. The summed E-state index contributed by atoms with van der Waals surface area (Å²) >= 11 is 11.1. The van der Waals surface area contributed by atoms with Gasteiger partial charge in [-0.3, -0.25) is 4.79 Å². The van der Waals surface area contributed by atoms with Gasteiger partial charge in [0.15, 0.2) is 11.9 Å². The van der Waals surface area contributed by atoms with Gasteiger partial charge in [-0.25, -0.2) is 13.9 Å². The molecule has 2 N–H and O–H groups in total. The summed E-state index contributed by atoms with van der Waals surface area (Å²) in [4.78, 5) is 16.9. The monoisotopic (exact) mass is 577 g/mol.